The summed E-state index contributed by atoms with van der Waals surface area (Å²) in [6.07, 6.45) is 2.66. The van der Waals surface area contributed by atoms with Crippen molar-refractivity contribution in [3.8, 4) is 17.3 Å². The van der Waals surface area contributed by atoms with Gasteiger partial charge in [0.25, 0.3) is 0 Å². The maximum Gasteiger partial charge on any atom is 0.203 e. The van der Waals surface area contributed by atoms with Crippen LogP contribution in [0.15, 0.2) is 42.6 Å². The zero-order chi connectivity index (χ0) is 20.7. The maximum atomic E-state index is 13.9. The lowest BCUT2D eigenvalue weighted by molar-refractivity contribution is -0.161. The molecule has 30 heavy (non-hydrogen) atoms. The molecule has 0 saturated carbocycles. The highest BCUT2D eigenvalue weighted by atomic mass is 19.2. The van der Waals surface area contributed by atoms with Gasteiger partial charge in [-0.15, -0.1) is 0 Å². The van der Waals surface area contributed by atoms with E-state index in [0.717, 1.165) is 38.2 Å². The molecule has 0 atom stereocenters. The lowest BCUT2D eigenvalue weighted by Gasteiger charge is -2.55. The highest BCUT2D eigenvalue weighted by Crippen LogP contribution is 2.38. The van der Waals surface area contributed by atoms with E-state index in [1.807, 2.05) is 6.07 Å². The normalized spacial score (nSPS) is 16.8. The number of hydrogen-bond acceptors (Lipinski definition) is 6. The first-order valence-electron chi connectivity index (χ1n) is 9.48. The summed E-state index contributed by atoms with van der Waals surface area (Å²) in [5.74, 6) is -3.53. The quantitative estimate of drug-likeness (QED) is 0.596. The molecule has 4 heterocycles. The average Bonchev–Trinajstić information content (AvgIpc) is 2.70. The Morgan fingerprint density at radius 2 is 1.90 bits per heavy atom. The maximum absolute atomic E-state index is 13.9. The molecule has 0 bridgehead atoms. The van der Waals surface area contributed by atoms with Crippen molar-refractivity contribution < 1.29 is 22.6 Å². The van der Waals surface area contributed by atoms with Crippen LogP contribution in [-0.2, 0) is 11.3 Å². The largest absolute Gasteiger partial charge is 0.484 e. The van der Waals surface area contributed by atoms with Crippen LogP contribution < -0.4 is 9.64 Å². The Kier molecular flexibility index (Phi) is 4.54. The molecule has 0 unspecified atom stereocenters. The smallest absolute Gasteiger partial charge is 0.203 e. The van der Waals surface area contributed by atoms with Crippen molar-refractivity contribution in [3.63, 3.8) is 0 Å². The predicted molar refractivity (Wildman–Crippen MR) is 101 cm³/mol. The molecule has 0 radical (unpaired) electrons. The van der Waals surface area contributed by atoms with Crippen molar-refractivity contribution in [3.05, 3.63) is 65.7 Å². The van der Waals surface area contributed by atoms with Crippen molar-refractivity contribution in [1.82, 2.24) is 15.0 Å². The van der Waals surface area contributed by atoms with E-state index in [-0.39, 0.29) is 18.0 Å². The fraction of sp³-hybridized carbons (Fsp3) is 0.286. The van der Waals surface area contributed by atoms with Crippen molar-refractivity contribution in [2.45, 2.75) is 18.6 Å². The van der Waals surface area contributed by atoms with Crippen molar-refractivity contribution >= 4 is 5.82 Å². The summed E-state index contributed by atoms with van der Waals surface area (Å²) in [7, 11) is 0. The third kappa shape index (κ3) is 3.35. The number of nitrogens with zero attached hydrogens (tertiary/aromatic N) is 4. The van der Waals surface area contributed by atoms with Gasteiger partial charge in [-0.05, 0) is 24.3 Å². The summed E-state index contributed by atoms with van der Waals surface area (Å²) in [6.45, 7) is 2.08. The Balaban J connectivity index is 1.42. The first-order chi connectivity index (χ1) is 14.5. The van der Waals surface area contributed by atoms with Gasteiger partial charge in [0.15, 0.2) is 23.2 Å². The number of ether oxygens (including phenoxy) is 2. The number of pyridine rings is 1. The van der Waals surface area contributed by atoms with Crippen LogP contribution >= 0.6 is 0 Å². The minimum atomic E-state index is -1.57. The molecule has 0 N–H and O–H groups in total. The highest BCUT2D eigenvalue weighted by molar-refractivity contribution is 5.55. The zero-order valence-corrected chi connectivity index (χ0v) is 15.8. The molecule has 1 aromatic carbocycles. The standard InChI is InChI=1S/C21H17F3N4O2/c22-14-4-5-16(19(24)18(14)23)29-10-13-9-17(28-11-21(12-28)6-8-30-21)27-20(26-13)15-3-1-2-7-25-15/h1-5,7,9H,6,8,10-12H2. The van der Waals surface area contributed by atoms with Crippen LogP contribution in [0.5, 0.6) is 5.75 Å². The first-order valence-corrected chi connectivity index (χ1v) is 9.48. The number of hydrogen-bond donors (Lipinski definition) is 0. The third-order valence-electron chi connectivity index (χ3n) is 5.28. The molecular formula is C21H17F3N4O2. The lowest BCUT2D eigenvalue weighted by Crippen LogP contribution is -2.68. The summed E-state index contributed by atoms with van der Waals surface area (Å²) in [5.41, 5.74) is 0.955. The van der Waals surface area contributed by atoms with Gasteiger partial charge in [0.05, 0.1) is 25.4 Å². The molecule has 3 aromatic rings. The topological polar surface area (TPSA) is 60.4 Å². The van der Waals surface area contributed by atoms with Crippen LogP contribution in [0.25, 0.3) is 11.5 Å². The van der Waals surface area contributed by atoms with Gasteiger partial charge in [-0.3, -0.25) is 4.98 Å². The Bertz CT molecular complexity index is 1090. The van der Waals surface area contributed by atoms with E-state index in [1.165, 1.54) is 0 Å². The van der Waals surface area contributed by atoms with E-state index in [4.69, 9.17) is 9.47 Å². The van der Waals surface area contributed by atoms with Gasteiger partial charge < -0.3 is 14.4 Å². The van der Waals surface area contributed by atoms with E-state index in [9.17, 15) is 13.2 Å². The fourth-order valence-corrected chi connectivity index (χ4v) is 3.55. The minimum Gasteiger partial charge on any atom is -0.484 e. The van der Waals surface area contributed by atoms with Crippen molar-refractivity contribution in [2.24, 2.45) is 0 Å². The monoisotopic (exact) mass is 414 g/mol. The summed E-state index contributed by atoms with van der Waals surface area (Å²) < 4.78 is 51.5. The van der Waals surface area contributed by atoms with Gasteiger partial charge in [-0.1, -0.05) is 6.07 Å². The fourth-order valence-electron chi connectivity index (χ4n) is 3.55. The van der Waals surface area contributed by atoms with Crippen LogP contribution in [-0.4, -0.2) is 40.2 Å². The number of rotatable bonds is 5. The van der Waals surface area contributed by atoms with E-state index in [2.05, 4.69) is 19.9 Å². The van der Waals surface area contributed by atoms with Gasteiger partial charge in [0.2, 0.25) is 5.82 Å². The second-order valence-corrected chi connectivity index (χ2v) is 7.36. The molecule has 6 nitrogen and oxygen atoms in total. The Morgan fingerprint density at radius 3 is 2.60 bits per heavy atom. The van der Waals surface area contributed by atoms with Gasteiger partial charge in [-0.25, -0.2) is 18.7 Å². The zero-order valence-electron chi connectivity index (χ0n) is 15.8. The van der Waals surface area contributed by atoms with E-state index in [1.54, 1.807) is 24.4 Å². The molecule has 0 amide bonds. The highest BCUT2D eigenvalue weighted by Gasteiger charge is 2.49. The van der Waals surface area contributed by atoms with Crippen LogP contribution in [0.2, 0.25) is 0 Å². The van der Waals surface area contributed by atoms with Crippen LogP contribution in [0.4, 0.5) is 19.0 Å². The molecule has 2 aliphatic heterocycles. The molecular weight excluding hydrogens is 397 g/mol. The lowest BCUT2D eigenvalue weighted by atomic mass is 9.86. The van der Waals surface area contributed by atoms with Crippen LogP contribution in [0, 0.1) is 17.5 Å². The predicted octanol–water partition coefficient (Wildman–Crippen LogP) is 3.51. The molecule has 2 aromatic heterocycles. The van der Waals surface area contributed by atoms with Crippen LogP contribution in [0.1, 0.15) is 12.1 Å². The van der Waals surface area contributed by atoms with E-state index < -0.39 is 17.5 Å². The van der Waals surface area contributed by atoms with E-state index >= 15 is 0 Å². The van der Waals surface area contributed by atoms with E-state index in [0.29, 0.717) is 23.0 Å². The molecule has 1 spiro atoms. The molecule has 5 rings (SSSR count). The molecule has 2 fully saturated rings. The summed E-state index contributed by atoms with van der Waals surface area (Å²) in [5, 5.41) is 0. The van der Waals surface area contributed by atoms with Gasteiger partial charge in [0.1, 0.15) is 23.7 Å². The number of halogens is 3. The Morgan fingerprint density at radius 1 is 1.07 bits per heavy atom. The van der Waals surface area contributed by atoms with Gasteiger partial charge >= 0.3 is 0 Å². The second-order valence-electron chi connectivity index (χ2n) is 7.36. The van der Waals surface area contributed by atoms with Crippen LogP contribution in [0.3, 0.4) is 0 Å². The van der Waals surface area contributed by atoms with Crippen molar-refractivity contribution in [2.75, 3.05) is 24.6 Å². The van der Waals surface area contributed by atoms with Crippen molar-refractivity contribution in [1.29, 1.82) is 0 Å². The SMILES string of the molecule is Fc1ccc(OCc2cc(N3CC4(CCO4)C3)nc(-c3ccccn3)n2)c(F)c1F. The van der Waals surface area contributed by atoms with Gasteiger partial charge in [-0.2, -0.15) is 4.39 Å². The summed E-state index contributed by atoms with van der Waals surface area (Å²) in [4.78, 5) is 15.4. The average molecular weight is 414 g/mol. The Hall–Kier alpha value is -3.20. The molecule has 0 aliphatic carbocycles. The number of anilines is 1. The number of aromatic nitrogens is 3. The second kappa shape index (κ2) is 7.24. The number of benzene rings is 1. The summed E-state index contributed by atoms with van der Waals surface area (Å²) in [6, 6.07) is 8.99. The van der Waals surface area contributed by atoms with Gasteiger partial charge in [0, 0.05) is 18.7 Å². The third-order valence-corrected chi connectivity index (χ3v) is 5.28. The summed E-state index contributed by atoms with van der Waals surface area (Å²) >= 11 is 0. The Labute approximate surface area is 170 Å². The molecule has 2 aliphatic rings. The first kappa shape index (κ1) is 18.8. The molecule has 2 saturated heterocycles. The molecule has 154 valence electrons. The molecule has 9 heteroatoms. The minimum absolute atomic E-state index is 0.0818.